The first kappa shape index (κ1) is 7.61. The normalized spacial score (nSPS) is 10.8. The molecule has 0 atom stereocenters. The van der Waals surface area contributed by atoms with E-state index in [1.807, 2.05) is 13.1 Å². The van der Waals surface area contributed by atoms with E-state index < -0.39 is 0 Å². The Morgan fingerprint density at radius 3 is 3.00 bits per heavy atom. The number of hydrogen-bond donors (Lipinski definition) is 1. The first-order chi connectivity index (χ1) is 5.70. The van der Waals surface area contributed by atoms with Gasteiger partial charge in [0.25, 0.3) is 0 Å². The maximum absolute atomic E-state index is 9.40. The molecule has 0 unspecified atom stereocenters. The molecule has 0 saturated heterocycles. The van der Waals surface area contributed by atoms with Gasteiger partial charge in [-0.1, -0.05) is 0 Å². The molecular formula is C8H7BrN2O. The van der Waals surface area contributed by atoms with Gasteiger partial charge >= 0.3 is 0 Å². The highest BCUT2D eigenvalue weighted by molar-refractivity contribution is 9.10. The fourth-order valence-corrected chi connectivity index (χ4v) is 1.51. The van der Waals surface area contributed by atoms with Crippen LogP contribution in [0.3, 0.4) is 0 Å². The average Bonchev–Trinajstić information content (AvgIpc) is 2.32. The van der Waals surface area contributed by atoms with Crippen LogP contribution < -0.4 is 0 Å². The predicted molar refractivity (Wildman–Crippen MR) is 49.3 cm³/mol. The van der Waals surface area contributed by atoms with Gasteiger partial charge in [-0.05, 0) is 35.0 Å². The molecule has 0 spiro atoms. The molecule has 0 aromatic carbocycles. The van der Waals surface area contributed by atoms with Gasteiger partial charge in [-0.25, -0.2) is 4.98 Å². The minimum atomic E-state index is 0.200. The van der Waals surface area contributed by atoms with Gasteiger partial charge in [0.05, 0.1) is 5.69 Å². The molecule has 12 heavy (non-hydrogen) atoms. The molecule has 2 aromatic heterocycles. The Balaban J connectivity index is 2.95. The maximum Gasteiger partial charge on any atom is 0.180 e. The van der Waals surface area contributed by atoms with E-state index in [1.165, 1.54) is 0 Å². The minimum absolute atomic E-state index is 0.200. The summed E-state index contributed by atoms with van der Waals surface area (Å²) >= 11 is 3.37. The van der Waals surface area contributed by atoms with Gasteiger partial charge in [0, 0.05) is 6.20 Å². The number of imidazole rings is 1. The average molecular weight is 227 g/mol. The zero-order valence-electron chi connectivity index (χ0n) is 6.45. The number of halogens is 1. The van der Waals surface area contributed by atoms with E-state index in [0.29, 0.717) is 5.65 Å². The lowest BCUT2D eigenvalue weighted by atomic mass is 10.4. The van der Waals surface area contributed by atoms with Crippen LogP contribution in [0, 0.1) is 6.92 Å². The number of fused-ring (bicyclic) bond motifs is 1. The Labute approximate surface area is 77.8 Å². The first-order valence-corrected chi connectivity index (χ1v) is 4.31. The van der Waals surface area contributed by atoms with Gasteiger partial charge < -0.3 is 5.11 Å². The quantitative estimate of drug-likeness (QED) is 0.748. The van der Waals surface area contributed by atoms with Crippen LogP contribution in [0.4, 0.5) is 0 Å². The van der Waals surface area contributed by atoms with Crippen LogP contribution in [0.2, 0.25) is 0 Å². The molecule has 4 heteroatoms. The Morgan fingerprint density at radius 2 is 2.33 bits per heavy atom. The zero-order chi connectivity index (χ0) is 8.72. The Morgan fingerprint density at radius 1 is 1.58 bits per heavy atom. The molecule has 0 saturated carbocycles. The van der Waals surface area contributed by atoms with Crippen molar-refractivity contribution >= 4 is 21.6 Å². The molecule has 0 radical (unpaired) electrons. The summed E-state index contributed by atoms with van der Waals surface area (Å²) in [5, 5.41) is 9.40. The van der Waals surface area contributed by atoms with Gasteiger partial charge in [0.1, 0.15) is 4.60 Å². The fraction of sp³-hybridized carbons (Fsp3) is 0.125. The molecule has 1 N–H and O–H groups in total. The Hall–Kier alpha value is -1.03. The third kappa shape index (κ3) is 0.914. The van der Waals surface area contributed by atoms with Crippen LogP contribution >= 0.6 is 15.9 Å². The second-order valence-electron chi connectivity index (χ2n) is 2.58. The molecule has 0 aliphatic heterocycles. The predicted octanol–water partition coefficient (Wildman–Crippen LogP) is 2.11. The van der Waals surface area contributed by atoms with E-state index in [2.05, 4.69) is 20.9 Å². The van der Waals surface area contributed by atoms with Crippen molar-refractivity contribution < 1.29 is 5.11 Å². The molecule has 0 bridgehead atoms. The number of hydrogen-bond acceptors (Lipinski definition) is 2. The SMILES string of the molecule is Cc1nc2c(O)cccn2c1Br. The van der Waals surface area contributed by atoms with Crippen molar-refractivity contribution in [1.82, 2.24) is 9.38 Å². The molecule has 62 valence electrons. The molecule has 0 amide bonds. The van der Waals surface area contributed by atoms with Gasteiger partial charge in [-0.3, -0.25) is 4.40 Å². The van der Waals surface area contributed by atoms with E-state index in [-0.39, 0.29) is 5.75 Å². The maximum atomic E-state index is 9.40. The molecule has 0 fully saturated rings. The van der Waals surface area contributed by atoms with Crippen molar-refractivity contribution in [3.05, 3.63) is 28.6 Å². The van der Waals surface area contributed by atoms with Crippen molar-refractivity contribution in [1.29, 1.82) is 0 Å². The molecule has 0 aliphatic carbocycles. The first-order valence-electron chi connectivity index (χ1n) is 3.52. The molecule has 2 heterocycles. The third-order valence-corrected chi connectivity index (χ3v) is 2.69. The van der Waals surface area contributed by atoms with Gasteiger partial charge in [0.15, 0.2) is 11.4 Å². The highest BCUT2D eigenvalue weighted by Gasteiger charge is 2.07. The molecule has 0 aliphatic rings. The number of aromatic nitrogens is 2. The van der Waals surface area contributed by atoms with Gasteiger partial charge in [0.2, 0.25) is 0 Å². The second-order valence-corrected chi connectivity index (χ2v) is 3.33. The second kappa shape index (κ2) is 2.48. The molecule has 2 aromatic rings. The highest BCUT2D eigenvalue weighted by Crippen LogP contribution is 2.23. The van der Waals surface area contributed by atoms with Crippen LogP contribution in [-0.4, -0.2) is 14.5 Å². The number of aryl methyl sites for hydroxylation is 1. The standard InChI is InChI=1S/C8H7BrN2O/c1-5-7(9)11-4-2-3-6(12)8(11)10-5/h2-4,12H,1H3. The largest absolute Gasteiger partial charge is 0.504 e. The van der Waals surface area contributed by atoms with E-state index >= 15 is 0 Å². The molecule has 2 rings (SSSR count). The summed E-state index contributed by atoms with van der Waals surface area (Å²) in [4.78, 5) is 4.18. The third-order valence-electron chi connectivity index (χ3n) is 1.73. The highest BCUT2D eigenvalue weighted by atomic mass is 79.9. The van der Waals surface area contributed by atoms with Gasteiger partial charge in [-0.15, -0.1) is 0 Å². The monoisotopic (exact) mass is 226 g/mol. The van der Waals surface area contributed by atoms with Crippen molar-refractivity contribution in [3.8, 4) is 5.75 Å². The van der Waals surface area contributed by atoms with Crippen LogP contribution in [0.1, 0.15) is 5.69 Å². The van der Waals surface area contributed by atoms with Crippen molar-refractivity contribution in [2.75, 3.05) is 0 Å². The summed E-state index contributed by atoms with van der Waals surface area (Å²) < 4.78 is 2.68. The Kier molecular flexibility index (Phi) is 1.58. The summed E-state index contributed by atoms with van der Waals surface area (Å²) in [5.74, 6) is 0.200. The summed E-state index contributed by atoms with van der Waals surface area (Å²) in [7, 11) is 0. The smallest absolute Gasteiger partial charge is 0.180 e. The summed E-state index contributed by atoms with van der Waals surface area (Å²) in [6.45, 7) is 1.89. The topological polar surface area (TPSA) is 37.5 Å². The fourth-order valence-electron chi connectivity index (χ4n) is 1.14. The Bertz CT molecular complexity index is 436. The lowest BCUT2D eigenvalue weighted by Gasteiger charge is -1.95. The summed E-state index contributed by atoms with van der Waals surface area (Å²) in [6.07, 6.45) is 1.85. The van der Waals surface area contributed by atoms with E-state index in [4.69, 9.17) is 0 Å². The van der Waals surface area contributed by atoms with Gasteiger partial charge in [-0.2, -0.15) is 0 Å². The van der Waals surface area contributed by atoms with Crippen LogP contribution in [0.15, 0.2) is 22.9 Å². The lowest BCUT2D eigenvalue weighted by Crippen LogP contribution is -1.82. The lowest BCUT2D eigenvalue weighted by molar-refractivity contribution is 0.477. The van der Waals surface area contributed by atoms with Crippen molar-refractivity contribution in [3.63, 3.8) is 0 Å². The van der Waals surface area contributed by atoms with E-state index in [0.717, 1.165) is 10.3 Å². The van der Waals surface area contributed by atoms with Crippen LogP contribution in [0.25, 0.3) is 5.65 Å². The zero-order valence-corrected chi connectivity index (χ0v) is 8.04. The number of pyridine rings is 1. The van der Waals surface area contributed by atoms with E-state index in [9.17, 15) is 5.11 Å². The molecular weight excluding hydrogens is 220 g/mol. The van der Waals surface area contributed by atoms with Crippen LogP contribution in [0.5, 0.6) is 5.75 Å². The number of aromatic hydroxyl groups is 1. The number of rotatable bonds is 0. The van der Waals surface area contributed by atoms with Crippen LogP contribution in [-0.2, 0) is 0 Å². The minimum Gasteiger partial charge on any atom is -0.504 e. The summed E-state index contributed by atoms with van der Waals surface area (Å²) in [5.41, 5.74) is 1.46. The molecule has 3 nitrogen and oxygen atoms in total. The summed E-state index contributed by atoms with van der Waals surface area (Å²) in [6, 6.07) is 3.39. The van der Waals surface area contributed by atoms with E-state index in [1.54, 1.807) is 16.5 Å². The number of nitrogens with zero attached hydrogens (tertiary/aromatic N) is 2. The van der Waals surface area contributed by atoms with Crippen molar-refractivity contribution in [2.45, 2.75) is 6.92 Å². The van der Waals surface area contributed by atoms with Crippen molar-refractivity contribution in [2.24, 2.45) is 0 Å².